The van der Waals surface area contributed by atoms with E-state index in [-0.39, 0.29) is 5.41 Å². The van der Waals surface area contributed by atoms with Crippen LogP contribution in [-0.2, 0) is 5.41 Å². The van der Waals surface area contributed by atoms with E-state index in [1.807, 2.05) is 0 Å². The van der Waals surface area contributed by atoms with Crippen LogP contribution in [0, 0.1) is 5.92 Å². The zero-order valence-corrected chi connectivity index (χ0v) is 27.8. The maximum absolute atomic E-state index is 2.51. The van der Waals surface area contributed by atoms with Crippen LogP contribution in [-0.4, -0.2) is 0 Å². The lowest BCUT2D eigenvalue weighted by molar-refractivity contribution is 0.660. The normalized spacial score (nSPS) is 17.8. The Morgan fingerprint density at radius 1 is 0.449 bits per heavy atom. The van der Waals surface area contributed by atoms with Gasteiger partial charge in [-0.05, 0) is 101 Å². The number of allylic oxidation sites excluding steroid dienone is 2. The van der Waals surface area contributed by atoms with Crippen LogP contribution in [0.15, 0.2) is 164 Å². The van der Waals surface area contributed by atoms with E-state index in [0.717, 1.165) is 0 Å². The monoisotopic (exact) mass is 624 g/mol. The van der Waals surface area contributed by atoms with E-state index in [2.05, 4.69) is 184 Å². The van der Waals surface area contributed by atoms with E-state index in [1.54, 1.807) is 0 Å². The lowest BCUT2D eigenvalue weighted by atomic mass is 9.68. The second-order valence-corrected chi connectivity index (χ2v) is 14.4. The molecule has 0 fully saturated rings. The van der Waals surface area contributed by atoms with Crippen LogP contribution < -0.4 is 0 Å². The Morgan fingerprint density at radius 2 is 1.06 bits per heavy atom. The van der Waals surface area contributed by atoms with E-state index in [9.17, 15) is 0 Å². The van der Waals surface area contributed by atoms with Crippen molar-refractivity contribution in [2.75, 3.05) is 0 Å². The van der Waals surface area contributed by atoms with E-state index < -0.39 is 0 Å². The summed E-state index contributed by atoms with van der Waals surface area (Å²) in [4.78, 5) is 0. The Bertz CT molecular complexity index is 2540. The molecule has 0 spiro atoms. The summed E-state index contributed by atoms with van der Waals surface area (Å²) >= 11 is 0. The standard InChI is InChI=1S/C49H36/c1-49(2)46-21-10-9-19-42(46)43-25-24-34(30-47(43)49)37-27-26-36(39-16-5-6-17-40(37)39)32-13-11-14-33(28-32)45-29-35-23-22-31-12-3-4-15-38(31)48(35)44-20-8-7-18-41(44)45/h3-30,35,48H,1-2H3. The van der Waals surface area contributed by atoms with Crippen molar-refractivity contribution in [3.8, 4) is 33.4 Å². The van der Waals surface area contributed by atoms with E-state index in [0.29, 0.717) is 11.8 Å². The van der Waals surface area contributed by atoms with Crippen molar-refractivity contribution in [2.45, 2.75) is 25.2 Å². The summed E-state index contributed by atoms with van der Waals surface area (Å²) in [7, 11) is 0. The van der Waals surface area contributed by atoms with Gasteiger partial charge in [0.15, 0.2) is 0 Å². The predicted molar refractivity (Wildman–Crippen MR) is 207 cm³/mol. The van der Waals surface area contributed by atoms with Gasteiger partial charge in [-0.3, -0.25) is 0 Å². The summed E-state index contributed by atoms with van der Waals surface area (Å²) in [6, 6.07) is 56.7. The molecule has 7 aromatic rings. The highest BCUT2D eigenvalue weighted by Gasteiger charge is 2.36. The van der Waals surface area contributed by atoms with Crippen molar-refractivity contribution in [1.82, 2.24) is 0 Å². The summed E-state index contributed by atoms with van der Waals surface area (Å²) in [6.07, 6.45) is 7.22. The van der Waals surface area contributed by atoms with Gasteiger partial charge in [-0.1, -0.05) is 172 Å². The molecule has 0 heterocycles. The Balaban J connectivity index is 1.07. The van der Waals surface area contributed by atoms with Crippen LogP contribution in [0.1, 0.15) is 58.7 Å². The molecule has 0 bridgehead atoms. The van der Waals surface area contributed by atoms with Crippen LogP contribution in [0.4, 0.5) is 0 Å². The summed E-state index contributed by atoms with van der Waals surface area (Å²) < 4.78 is 0. The van der Waals surface area contributed by atoms with E-state index >= 15 is 0 Å². The predicted octanol–water partition coefficient (Wildman–Crippen LogP) is 12.7. The van der Waals surface area contributed by atoms with Gasteiger partial charge in [0.05, 0.1) is 0 Å². The average molecular weight is 625 g/mol. The smallest absolute Gasteiger partial charge is 0.0199 e. The van der Waals surface area contributed by atoms with Crippen molar-refractivity contribution >= 4 is 22.4 Å². The molecular weight excluding hydrogens is 589 g/mol. The average Bonchev–Trinajstić information content (AvgIpc) is 3.39. The first-order chi connectivity index (χ1) is 24.1. The van der Waals surface area contributed by atoms with E-state index in [4.69, 9.17) is 0 Å². The molecule has 0 amide bonds. The molecule has 10 rings (SSSR count). The lowest BCUT2D eigenvalue weighted by Gasteiger charge is -2.35. The second kappa shape index (κ2) is 10.6. The second-order valence-electron chi connectivity index (χ2n) is 14.4. The van der Waals surface area contributed by atoms with Gasteiger partial charge in [-0.2, -0.15) is 0 Å². The van der Waals surface area contributed by atoms with Gasteiger partial charge in [-0.25, -0.2) is 0 Å². The molecule has 0 N–H and O–H groups in total. The molecule has 49 heavy (non-hydrogen) atoms. The molecule has 232 valence electrons. The number of hydrogen-bond acceptors (Lipinski definition) is 0. The van der Waals surface area contributed by atoms with Gasteiger partial charge in [-0.15, -0.1) is 0 Å². The largest absolute Gasteiger partial charge is 0.0760 e. The van der Waals surface area contributed by atoms with E-state index in [1.165, 1.54) is 88.7 Å². The highest BCUT2D eigenvalue weighted by molar-refractivity contribution is 6.05. The Hall–Kier alpha value is -5.72. The molecule has 0 nitrogen and oxygen atoms in total. The minimum absolute atomic E-state index is 0.0264. The first kappa shape index (κ1) is 28.3. The molecule has 0 aliphatic heterocycles. The lowest BCUT2D eigenvalue weighted by Crippen LogP contribution is -2.20. The molecule has 0 saturated heterocycles. The summed E-state index contributed by atoms with van der Waals surface area (Å²) in [5.41, 5.74) is 18.7. The summed E-state index contributed by atoms with van der Waals surface area (Å²) in [6.45, 7) is 4.72. The maximum atomic E-state index is 2.51. The SMILES string of the molecule is CC1(C)c2ccccc2-c2ccc(-c3ccc(-c4cccc(C5=CC6C=Cc7ccccc7C6c6ccccc65)c4)c4ccccc34)cc21. The fourth-order valence-electron chi connectivity index (χ4n) is 9.08. The third-order valence-electron chi connectivity index (χ3n) is 11.5. The summed E-state index contributed by atoms with van der Waals surface area (Å²) in [5, 5.41) is 2.57. The zero-order chi connectivity index (χ0) is 32.7. The first-order valence-electron chi connectivity index (χ1n) is 17.5. The van der Waals surface area contributed by atoms with Crippen LogP contribution in [0.3, 0.4) is 0 Å². The number of rotatable bonds is 3. The molecule has 3 aliphatic rings. The fourth-order valence-corrected chi connectivity index (χ4v) is 9.08. The van der Waals surface area contributed by atoms with Crippen molar-refractivity contribution < 1.29 is 0 Å². The Morgan fingerprint density at radius 3 is 1.88 bits per heavy atom. The van der Waals surface area contributed by atoms with Gasteiger partial charge >= 0.3 is 0 Å². The Kier molecular flexibility index (Phi) is 6.15. The van der Waals surface area contributed by atoms with Gasteiger partial charge in [0.25, 0.3) is 0 Å². The number of hydrogen-bond donors (Lipinski definition) is 0. The first-order valence-corrected chi connectivity index (χ1v) is 17.5. The minimum atomic E-state index is -0.0264. The van der Waals surface area contributed by atoms with Gasteiger partial charge < -0.3 is 0 Å². The van der Waals surface area contributed by atoms with Crippen LogP contribution in [0.25, 0.3) is 55.8 Å². The third kappa shape index (κ3) is 4.23. The topological polar surface area (TPSA) is 0 Å². The molecule has 2 atom stereocenters. The highest BCUT2D eigenvalue weighted by Crippen LogP contribution is 2.51. The molecule has 0 aromatic heterocycles. The third-order valence-corrected chi connectivity index (χ3v) is 11.5. The molecule has 0 radical (unpaired) electrons. The van der Waals surface area contributed by atoms with Crippen LogP contribution in [0.2, 0.25) is 0 Å². The molecule has 2 unspecified atom stereocenters. The van der Waals surface area contributed by atoms with Crippen molar-refractivity contribution in [3.63, 3.8) is 0 Å². The maximum Gasteiger partial charge on any atom is 0.0199 e. The van der Waals surface area contributed by atoms with Crippen molar-refractivity contribution in [2.24, 2.45) is 5.92 Å². The van der Waals surface area contributed by atoms with Gasteiger partial charge in [0, 0.05) is 17.3 Å². The van der Waals surface area contributed by atoms with Crippen LogP contribution in [0.5, 0.6) is 0 Å². The van der Waals surface area contributed by atoms with Gasteiger partial charge in [0.1, 0.15) is 0 Å². The Labute approximate surface area is 288 Å². The fraction of sp³-hybridized carbons (Fsp3) is 0.102. The highest BCUT2D eigenvalue weighted by atomic mass is 14.4. The zero-order valence-electron chi connectivity index (χ0n) is 27.8. The molecular formula is C49H36. The van der Waals surface area contributed by atoms with Crippen LogP contribution >= 0.6 is 0 Å². The molecule has 3 aliphatic carbocycles. The molecule has 0 heteroatoms. The minimum Gasteiger partial charge on any atom is -0.0760 e. The van der Waals surface area contributed by atoms with Gasteiger partial charge in [0.2, 0.25) is 0 Å². The molecule has 7 aromatic carbocycles. The molecule has 0 saturated carbocycles. The quantitative estimate of drug-likeness (QED) is 0.183. The van der Waals surface area contributed by atoms with Crippen molar-refractivity contribution in [1.29, 1.82) is 0 Å². The number of fused-ring (bicyclic) bond motifs is 9. The van der Waals surface area contributed by atoms with Crippen molar-refractivity contribution in [3.05, 3.63) is 203 Å². The number of benzene rings is 7. The summed E-state index contributed by atoms with van der Waals surface area (Å²) in [5.74, 6) is 0.674.